The summed E-state index contributed by atoms with van der Waals surface area (Å²) in [6.45, 7) is 6.99. The number of amides is 3. The van der Waals surface area contributed by atoms with Crippen LogP contribution in [0.15, 0.2) is 48.5 Å². The maximum absolute atomic E-state index is 12.5. The first-order valence-corrected chi connectivity index (χ1v) is 11.9. The third-order valence-electron chi connectivity index (χ3n) is 6.53. The van der Waals surface area contributed by atoms with E-state index in [-0.39, 0.29) is 0 Å². The molecule has 0 radical (unpaired) electrons. The van der Waals surface area contributed by atoms with Crippen molar-refractivity contribution in [2.45, 2.75) is 19.1 Å². The summed E-state index contributed by atoms with van der Waals surface area (Å²) in [5.41, 5.74) is 6.08. The zero-order valence-electron chi connectivity index (χ0n) is 19.9. The number of benzene rings is 2. The number of urea groups is 1. The van der Waals surface area contributed by atoms with Gasteiger partial charge in [0.05, 0.1) is 19.3 Å². The van der Waals surface area contributed by atoms with Gasteiger partial charge >= 0.3 is 6.03 Å². The van der Waals surface area contributed by atoms with E-state index >= 15 is 0 Å². The third-order valence-corrected chi connectivity index (χ3v) is 6.53. The molecule has 3 amide bonds. The molecule has 2 aromatic rings. The highest BCUT2D eigenvalue weighted by molar-refractivity contribution is 5.87. The number of hydrogen-bond donors (Lipinski definition) is 4. The second-order valence-electron chi connectivity index (χ2n) is 8.81. The molecule has 2 fully saturated rings. The average Bonchev–Trinajstić information content (AvgIpc) is 2.92. The minimum Gasteiger partial charge on any atom is -0.391 e. The lowest BCUT2D eigenvalue weighted by Crippen LogP contribution is -2.58. The van der Waals surface area contributed by atoms with Crippen LogP contribution in [0.2, 0.25) is 0 Å². The molecule has 0 bridgehead atoms. The molecule has 2 heterocycles. The van der Waals surface area contributed by atoms with E-state index < -0.39 is 24.1 Å². The number of nitrogens with one attached hydrogen (secondary N) is 2. The van der Waals surface area contributed by atoms with Gasteiger partial charge in [0.1, 0.15) is 6.04 Å². The van der Waals surface area contributed by atoms with Crippen molar-refractivity contribution >= 4 is 23.3 Å². The van der Waals surface area contributed by atoms with Gasteiger partial charge in [-0.15, -0.1) is 0 Å². The third kappa shape index (κ3) is 6.02. The van der Waals surface area contributed by atoms with Gasteiger partial charge in [-0.2, -0.15) is 0 Å². The number of carbonyl (C=O) groups is 2. The molecule has 2 atom stereocenters. The molecule has 10 nitrogen and oxygen atoms in total. The van der Waals surface area contributed by atoms with Gasteiger partial charge in [0.2, 0.25) is 0 Å². The molecule has 2 aromatic carbocycles. The van der Waals surface area contributed by atoms with Crippen molar-refractivity contribution in [1.82, 2.24) is 15.7 Å². The van der Waals surface area contributed by atoms with Crippen LogP contribution < -0.4 is 20.6 Å². The second-order valence-corrected chi connectivity index (χ2v) is 8.81. The first-order chi connectivity index (χ1) is 17.0. The van der Waals surface area contributed by atoms with Crippen LogP contribution in [0.3, 0.4) is 0 Å². The van der Waals surface area contributed by atoms with Gasteiger partial charge in [0, 0.05) is 50.6 Å². The van der Waals surface area contributed by atoms with Gasteiger partial charge < -0.3 is 29.9 Å². The van der Waals surface area contributed by atoms with Crippen LogP contribution in [0, 0.1) is 0 Å². The standard InChI is InChI=1S/C25H33N5O5/c1-18(31)23(24(32)27-34)26-25(33)30-12-10-28(11-13-30)21-6-2-19(3-7-21)20-4-8-22(9-5-20)29-14-16-35-17-15-29/h2-9,18,23,31,34H,10-17H2,1H3,(H,26,33)(H,27,32)/t18-,23+/m0/s1. The number of rotatable bonds is 6. The van der Waals surface area contributed by atoms with E-state index in [1.807, 2.05) is 0 Å². The van der Waals surface area contributed by atoms with Crippen molar-refractivity contribution in [1.29, 1.82) is 0 Å². The van der Waals surface area contributed by atoms with Crippen LogP contribution in [0.25, 0.3) is 11.1 Å². The van der Waals surface area contributed by atoms with E-state index in [1.165, 1.54) is 18.1 Å². The van der Waals surface area contributed by atoms with Gasteiger partial charge in [-0.25, -0.2) is 10.3 Å². The van der Waals surface area contributed by atoms with Crippen LogP contribution in [0.1, 0.15) is 6.92 Å². The summed E-state index contributed by atoms with van der Waals surface area (Å²) in [6.07, 6.45) is -1.14. The fourth-order valence-electron chi connectivity index (χ4n) is 4.42. The van der Waals surface area contributed by atoms with E-state index in [9.17, 15) is 14.7 Å². The molecular weight excluding hydrogens is 450 g/mol. The average molecular weight is 484 g/mol. The smallest absolute Gasteiger partial charge is 0.318 e. The highest BCUT2D eigenvalue weighted by Gasteiger charge is 2.29. The molecule has 0 aliphatic carbocycles. The predicted octanol–water partition coefficient (Wildman–Crippen LogP) is 1.28. The summed E-state index contributed by atoms with van der Waals surface area (Å²) in [4.78, 5) is 30.3. The van der Waals surface area contributed by atoms with Gasteiger partial charge in [0.25, 0.3) is 5.91 Å². The molecular formula is C25H33N5O5. The summed E-state index contributed by atoms with van der Waals surface area (Å²) in [7, 11) is 0. The number of aliphatic hydroxyl groups excluding tert-OH is 1. The van der Waals surface area contributed by atoms with Crippen molar-refractivity contribution in [2.75, 3.05) is 62.3 Å². The summed E-state index contributed by atoms with van der Waals surface area (Å²) >= 11 is 0. The largest absolute Gasteiger partial charge is 0.391 e. The molecule has 35 heavy (non-hydrogen) atoms. The Kier molecular flexibility index (Phi) is 8.06. The lowest BCUT2D eigenvalue weighted by Gasteiger charge is -2.36. The summed E-state index contributed by atoms with van der Waals surface area (Å²) < 4.78 is 5.43. The van der Waals surface area contributed by atoms with Crippen molar-refractivity contribution in [3.8, 4) is 11.1 Å². The van der Waals surface area contributed by atoms with Crippen LogP contribution in [0.5, 0.6) is 0 Å². The van der Waals surface area contributed by atoms with Crippen LogP contribution in [-0.2, 0) is 9.53 Å². The van der Waals surface area contributed by atoms with Crippen molar-refractivity contribution < 1.29 is 24.6 Å². The fraction of sp³-hybridized carbons (Fsp3) is 0.440. The molecule has 2 aliphatic rings. The van der Waals surface area contributed by atoms with Crippen molar-refractivity contribution in [3.05, 3.63) is 48.5 Å². The summed E-state index contributed by atoms with van der Waals surface area (Å²) in [5.74, 6) is -0.859. The Morgan fingerprint density at radius 1 is 0.829 bits per heavy atom. The van der Waals surface area contributed by atoms with E-state index in [4.69, 9.17) is 9.94 Å². The first kappa shape index (κ1) is 24.8. The molecule has 4 rings (SSSR count). The highest BCUT2D eigenvalue weighted by atomic mass is 16.5. The monoisotopic (exact) mass is 483 g/mol. The quantitative estimate of drug-likeness (QED) is 0.361. The second kappa shape index (κ2) is 11.4. The zero-order valence-corrected chi connectivity index (χ0v) is 19.9. The molecule has 4 N–H and O–H groups in total. The number of piperazine rings is 1. The van der Waals surface area contributed by atoms with Crippen LogP contribution in [-0.4, -0.2) is 91.8 Å². The summed E-state index contributed by atoms with van der Waals surface area (Å²) in [6, 6.07) is 15.3. The maximum atomic E-state index is 12.5. The Hall–Kier alpha value is -3.34. The van der Waals surface area contributed by atoms with Crippen molar-refractivity contribution in [2.24, 2.45) is 0 Å². The van der Waals surface area contributed by atoms with Crippen LogP contribution >= 0.6 is 0 Å². The molecule has 0 spiro atoms. The minimum atomic E-state index is -1.22. The lowest BCUT2D eigenvalue weighted by molar-refractivity contribution is -0.133. The molecule has 0 saturated carbocycles. The number of morpholine rings is 1. The Balaban J connectivity index is 1.31. The van der Waals surface area contributed by atoms with E-state index in [2.05, 4.69) is 63.6 Å². The topological polar surface area (TPSA) is 118 Å². The number of nitrogens with zero attached hydrogens (tertiary/aromatic N) is 3. The first-order valence-electron chi connectivity index (χ1n) is 11.9. The molecule has 2 saturated heterocycles. The predicted molar refractivity (Wildman–Crippen MR) is 133 cm³/mol. The SMILES string of the molecule is C[C@H](O)[C@@H](NC(=O)N1CCN(c2ccc(-c3ccc(N4CCOCC4)cc3)cc2)CC1)C(=O)NO. The zero-order chi connectivity index (χ0) is 24.8. The number of carbonyl (C=O) groups excluding carboxylic acids is 2. The van der Waals surface area contributed by atoms with Crippen LogP contribution in [0.4, 0.5) is 16.2 Å². The molecule has 2 aliphatic heterocycles. The highest BCUT2D eigenvalue weighted by Crippen LogP contribution is 2.26. The maximum Gasteiger partial charge on any atom is 0.318 e. The van der Waals surface area contributed by atoms with Crippen molar-refractivity contribution in [3.63, 3.8) is 0 Å². The molecule has 188 valence electrons. The lowest BCUT2D eigenvalue weighted by atomic mass is 10.0. The van der Waals surface area contributed by atoms with Gasteiger partial charge in [-0.3, -0.25) is 10.0 Å². The molecule has 10 heteroatoms. The normalized spacial score (nSPS) is 18.1. The molecule has 0 unspecified atom stereocenters. The Morgan fingerprint density at radius 3 is 1.77 bits per heavy atom. The number of hydrogen-bond acceptors (Lipinski definition) is 7. The minimum absolute atomic E-state index is 0.449. The number of ether oxygens (including phenoxy) is 1. The van der Waals surface area contributed by atoms with Gasteiger partial charge in [-0.1, -0.05) is 24.3 Å². The molecule has 0 aromatic heterocycles. The Morgan fingerprint density at radius 2 is 1.31 bits per heavy atom. The van der Waals surface area contributed by atoms with Gasteiger partial charge in [-0.05, 0) is 42.3 Å². The Bertz CT molecular complexity index is 984. The number of hydroxylamine groups is 1. The summed E-state index contributed by atoms with van der Waals surface area (Å²) in [5, 5.41) is 21.0. The van der Waals surface area contributed by atoms with E-state index in [0.29, 0.717) is 26.2 Å². The van der Waals surface area contributed by atoms with Gasteiger partial charge in [0.15, 0.2) is 0 Å². The Labute approximate surface area is 205 Å². The van der Waals surface area contributed by atoms with E-state index in [0.717, 1.165) is 43.1 Å². The number of anilines is 2. The fourth-order valence-corrected chi connectivity index (χ4v) is 4.42. The van der Waals surface area contributed by atoms with E-state index in [1.54, 1.807) is 4.90 Å². The number of aliphatic hydroxyl groups is 1.